The second-order valence-electron chi connectivity index (χ2n) is 6.46. The van der Waals surface area contributed by atoms with Crippen LogP contribution in [0.1, 0.15) is 51.7 Å². The third kappa shape index (κ3) is 4.67. The Morgan fingerprint density at radius 1 is 1.21 bits per heavy atom. The molecule has 1 rings (SSSR count). The number of carbonyl (C=O) groups excluding carboxylic acids is 1. The number of nitrogens with one attached hydrogen (secondary N) is 1. The summed E-state index contributed by atoms with van der Waals surface area (Å²) in [7, 11) is 0. The fourth-order valence-corrected chi connectivity index (χ4v) is 1.71. The Balaban J connectivity index is 2.55. The van der Waals surface area contributed by atoms with E-state index in [4.69, 9.17) is 5.73 Å². The molecule has 0 aliphatic rings. The molecule has 1 aromatic rings. The predicted octanol–water partition coefficient (Wildman–Crippen LogP) is 2.80. The molecular formula is C16H26N2O. The molecule has 0 aliphatic heterocycles. The van der Waals surface area contributed by atoms with Crippen LogP contribution in [0.2, 0.25) is 0 Å². The largest absolute Gasteiger partial charge is 0.351 e. The lowest BCUT2D eigenvalue weighted by molar-refractivity contribution is -0.124. The molecule has 3 N–H and O–H groups in total. The minimum atomic E-state index is -0.484. The smallest absolute Gasteiger partial charge is 0.237 e. The van der Waals surface area contributed by atoms with Gasteiger partial charge in [-0.2, -0.15) is 0 Å². The van der Waals surface area contributed by atoms with Crippen molar-refractivity contribution in [2.24, 2.45) is 11.1 Å². The first-order valence-electron chi connectivity index (χ1n) is 6.84. The lowest BCUT2D eigenvalue weighted by atomic mass is 9.87. The van der Waals surface area contributed by atoms with Crippen molar-refractivity contribution in [2.45, 2.75) is 53.1 Å². The molecule has 0 spiro atoms. The van der Waals surface area contributed by atoms with Crippen LogP contribution in [-0.4, -0.2) is 11.9 Å². The number of nitrogens with two attached hydrogens (primary N) is 1. The zero-order chi connectivity index (χ0) is 14.6. The van der Waals surface area contributed by atoms with Crippen LogP contribution < -0.4 is 11.1 Å². The van der Waals surface area contributed by atoms with E-state index in [0.29, 0.717) is 12.5 Å². The number of amides is 1. The summed E-state index contributed by atoms with van der Waals surface area (Å²) in [5.74, 6) is 0.429. The Labute approximate surface area is 116 Å². The molecule has 0 radical (unpaired) electrons. The van der Waals surface area contributed by atoms with Crippen LogP contribution in [0.15, 0.2) is 24.3 Å². The van der Waals surface area contributed by atoms with Crippen molar-refractivity contribution in [1.29, 1.82) is 0 Å². The second kappa shape index (κ2) is 6.20. The van der Waals surface area contributed by atoms with Crippen molar-refractivity contribution < 1.29 is 4.79 Å². The van der Waals surface area contributed by atoms with Gasteiger partial charge in [-0.15, -0.1) is 0 Å². The Kier molecular flexibility index (Phi) is 5.12. The van der Waals surface area contributed by atoms with E-state index in [9.17, 15) is 4.79 Å². The fourth-order valence-electron chi connectivity index (χ4n) is 1.71. The molecule has 0 heterocycles. The quantitative estimate of drug-likeness (QED) is 0.876. The molecule has 0 aromatic heterocycles. The molecule has 0 fully saturated rings. The highest BCUT2D eigenvalue weighted by atomic mass is 16.2. The van der Waals surface area contributed by atoms with Crippen molar-refractivity contribution in [3.05, 3.63) is 35.4 Å². The van der Waals surface area contributed by atoms with E-state index < -0.39 is 6.04 Å². The van der Waals surface area contributed by atoms with Gasteiger partial charge in [0.15, 0.2) is 0 Å². The summed E-state index contributed by atoms with van der Waals surface area (Å²) in [5, 5.41) is 2.89. The third-order valence-corrected chi connectivity index (χ3v) is 3.33. The van der Waals surface area contributed by atoms with E-state index >= 15 is 0 Å². The first-order chi connectivity index (χ1) is 8.71. The average Bonchev–Trinajstić information content (AvgIpc) is 2.34. The number of carbonyl (C=O) groups is 1. The van der Waals surface area contributed by atoms with Gasteiger partial charge in [0.1, 0.15) is 0 Å². The minimum absolute atomic E-state index is 0.0968. The fraction of sp³-hybridized carbons (Fsp3) is 0.562. The zero-order valence-electron chi connectivity index (χ0n) is 12.7. The lowest BCUT2D eigenvalue weighted by Crippen LogP contribution is -2.48. The Morgan fingerprint density at radius 3 is 2.16 bits per heavy atom. The molecule has 3 nitrogen and oxygen atoms in total. The van der Waals surface area contributed by atoms with Gasteiger partial charge in [0.2, 0.25) is 5.91 Å². The average molecular weight is 262 g/mol. The highest BCUT2D eigenvalue weighted by molar-refractivity contribution is 5.82. The van der Waals surface area contributed by atoms with Gasteiger partial charge in [-0.3, -0.25) is 4.79 Å². The van der Waals surface area contributed by atoms with Gasteiger partial charge >= 0.3 is 0 Å². The van der Waals surface area contributed by atoms with Crippen molar-refractivity contribution in [1.82, 2.24) is 5.32 Å². The van der Waals surface area contributed by atoms with Gasteiger partial charge in [0, 0.05) is 6.54 Å². The summed E-state index contributed by atoms with van der Waals surface area (Å²) < 4.78 is 0. The normalized spacial score (nSPS) is 13.4. The highest BCUT2D eigenvalue weighted by Gasteiger charge is 2.26. The van der Waals surface area contributed by atoms with E-state index in [1.807, 2.05) is 20.8 Å². The number of hydrogen-bond donors (Lipinski definition) is 2. The van der Waals surface area contributed by atoms with Gasteiger partial charge in [-0.25, -0.2) is 0 Å². The molecular weight excluding hydrogens is 236 g/mol. The SMILES string of the molecule is CC(C)c1ccc(CNC(=O)[C@@H](N)C(C)(C)C)cc1. The molecule has 1 atom stereocenters. The number of hydrogen-bond acceptors (Lipinski definition) is 2. The molecule has 0 aliphatic carbocycles. The van der Waals surface area contributed by atoms with Gasteiger partial charge in [-0.1, -0.05) is 58.9 Å². The summed E-state index contributed by atoms with van der Waals surface area (Å²) in [6.45, 7) is 10.8. The Bertz CT molecular complexity index is 415. The van der Waals surface area contributed by atoms with Crippen LogP contribution in [0.3, 0.4) is 0 Å². The molecule has 106 valence electrons. The van der Waals surface area contributed by atoms with Gasteiger partial charge < -0.3 is 11.1 Å². The second-order valence-corrected chi connectivity index (χ2v) is 6.46. The summed E-state index contributed by atoms with van der Waals surface area (Å²) in [6.07, 6.45) is 0. The lowest BCUT2D eigenvalue weighted by Gasteiger charge is -2.25. The Hall–Kier alpha value is -1.35. The molecule has 0 saturated heterocycles. The Morgan fingerprint density at radius 2 is 1.74 bits per heavy atom. The van der Waals surface area contributed by atoms with Crippen molar-refractivity contribution in [2.75, 3.05) is 0 Å². The van der Waals surface area contributed by atoms with Gasteiger partial charge in [0.05, 0.1) is 6.04 Å². The predicted molar refractivity (Wildman–Crippen MR) is 79.8 cm³/mol. The summed E-state index contributed by atoms with van der Waals surface area (Å²) in [4.78, 5) is 11.9. The van der Waals surface area contributed by atoms with E-state index in [0.717, 1.165) is 5.56 Å². The highest BCUT2D eigenvalue weighted by Crippen LogP contribution is 2.17. The van der Waals surface area contributed by atoms with Gasteiger partial charge in [0.25, 0.3) is 0 Å². The minimum Gasteiger partial charge on any atom is -0.351 e. The number of benzene rings is 1. The molecule has 0 bridgehead atoms. The van der Waals surface area contributed by atoms with E-state index in [1.165, 1.54) is 5.56 Å². The van der Waals surface area contributed by atoms with Crippen LogP contribution >= 0.6 is 0 Å². The summed E-state index contributed by atoms with van der Waals surface area (Å²) in [6, 6.07) is 7.84. The first kappa shape index (κ1) is 15.7. The number of rotatable bonds is 4. The zero-order valence-corrected chi connectivity index (χ0v) is 12.7. The monoisotopic (exact) mass is 262 g/mol. The van der Waals surface area contributed by atoms with Crippen LogP contribution in [0, 0.1) is 5.41 Å². The van der Waals surface area contributed by atoms with Crippen LogP contribution in [-0.2, 0) is 11.3 Å². The van der Waals surface area contributed by atoms with Crippen molar-refractivity contribution >= 4 is 5.91 Å². The van der Waals surface area contributed by atoms with Crippen LogP contribution in [0.5, 0.6) is 0 Å². The topological polar surface area (TPSA) is 55.1 Å². The van der Waals surface area contributed by atoms with E-state index in [1.54, 1.807) is 0 Å². The molecule has 3 heteroatoms. The van der Waals surface area contributed by atoms with E-state index in [-0.39, 0.29) is 11.3 Å². The molecule has 1 aromatic carbocycles. The standard InChI is InChI=1S/C16H26N2O/c1-11(2)13-8-6-12(7-9-13)10-18-15(19)14(17)16(3,4)5/h6-9,11,14H,10,17H2,1-5H3,(H,18,19)/t14-/m1/s1. The van der Waals surface area contributed by atoms with Gasteiger partial charge in [-0.05, 0) is 22.5 Å². The van der Waals surface area contributed by atoms with Crippen molar-refractivity contribution in [3.63, 3.8) is 0 Å². The summed E-state index contributed by atoms with van der Waals surface area (Å²) in [5.41, 5.74) is 8.10. The molecule has 1 amide bonds. The maximum absolute atomic E-state index is 11.9. The maximum atomic E-state index is 11.9. The van der Waals surface area contributed by atoms with Crippen LogP contribution in [0.4, 0.5) is 0 Å². The molecule has 0 saturated carbocycles. The molecule has 0 unspecified atom stereocenters. The van der Waals surface area contributed by atoms with Crippen LogP contribution in [0.25, 0.3) is 0 Å². The first-order valence-corrected chi connectivity index (χ1v) is 6.84. The molecule has 19 heavy (non-hydrogen) atoms. The summed E-state index contributed by atoms with van der Waals surface area (Å²) >= 11 is 0. The maximum Gasteiger partial charge on any atom is 0.237 e. The third-order valence-electron chi connectivity index (χ3n) is 3.33. The van der Waals surface area contributed by atoms with E-state index in [2.05, 4.69) is 43.4 Å². The van der Waals surface area contributed by atoms with Crippen molar-refractivity contribution in [3.8, 4) is 0 Å².